The van der Waals surface area contributed by atoms with Crippen molar-refractivity contribution < 1.29 is 13.9 Å². The second-order valence-corrected chi connectivity index (χ2v) is 7.45. The highest BCUT2D eigenvalue weighted by Crippen LogP contribution is 2.33. The number of nitrogens with one attached hydrogen (secondary N) is 1. The number of para-hydroxylation sites is 1. The van der Waals surface area contributed by atoms with Crippen LogP contribution in [0.1, 0.15) is 25.3 Å². The van der Waals surface area contributed by atoms with Gasteiger partial charge in [0.15, 0.2) is 0 Å². The molecule has 2 unspecified atom stereocenters. The highest BCUT2D eigenvalue weighted by atomic mass is 35.5. The maximum absolute atomic E-state index is 13.9. The molecule has 2 atom stereocenters. The first-order valence-electron chi connectivity index (χ1n) is 8.90. The second-order valence-electron chi connectivity index (χ2n) is 7.05. The Morgan fingerprint density at radius 1 is 1.25 bits per heavy atom. The van der Waals surface area contributed by atoms with Crippen molar-refractivity contribution in [3.63, 3.8) is 0 Å². The minimum Gasteiger partial charge on any atom is -0.391 e. The van der Waals surface area contributed by atoms with E-state index in [1.807, 2.05) is 0 Å². The molecule has 2 aromatic carbocycles. The number of benzene rings is 2. The average molecular weight is 406 g/mol. The summed E-state index contributed by atoms with van der Waals surface area (Å²) in [6.07, 6.45) is 0.878. The van der Waals surface area contributed by atoms with Crippen LogP contribution in [0.4, 0.5) is 14.6 Å². The van der Waals surface area contributed by atoms with Gasteiger partial charge in [0, 0.05) is 17.9 Å². The molecule has 146 valence electrons. The molecule has 28 heavy (non-hydrogen) atoms. The summed E-state index contributed by atoms with van der Waals surface area (Å²) in [5.74, 6) is -2.81. The number of aromatic nitrogens is 2. The summed E-state index contributed by atoms with van der Waals surface area (Å²) in [7, 11) is 0. The molecule has 0 radical (unpaired) electrons. The van der Waals surface area contributed by atoms with E-state index in [0.717, 1.165) is 13.3 Å². The fourth-order valence-corrected chi connectivity index (χ4v) is 3.52. The molecule has 2 N–H and O–H groups in total. The Balaban J connectivity index is 1.99. The number of alkyl halides is 2. The van der Waals surface area contributed by atoms with E-state index in [4.69, 9.17) is 11.6 Å². The van der Waals surface area contributed by atoms with Crippen LogP contribution in [0, 0.1) is 0 Å². The fraction of sp³-hybridized carbons (Fsp3) is 0.300. The van der Waals surface area contributed by atoms with E-state index < -0.39 is 17.7 Å². The van der Waals surface area contributed by atoms with Crippen molar-refractivity contribution >= 4 is 28.3 Å². The highest BCUT2D eigenvalue weighted by molar-refractivity contribution is 6.32. The zero-order valence-electron chi connectivity index (χ0n) is 15.0. The molecule has 1 aromatic heterocycles. The van der Waals surface area contributed by atoms with Crippen molar-refractivity contribution in [1.82, 2.24) is 9.55 Å². The van der Waals surface area contributed by atoms with Crippen molar-refractivity contribution in [2.75, 3.05) is 5.32 Å². The topological polar surface area (TPSA) is 67.2 Å². The van der Waals surface area contributed by atoms with Crippen LogP contribution in [0.2, 0.25) is 5.02 Å². The molecule has 1 fully saturated rings. The first-order chi connectivity index (χ1) is 13.3. The smallest absolute Gasteiger partial charge is 0.354 e. The molecule has 0 bridgehead atoms. The van der Waals surface area contributed by atoms with Gasteiger partial charge in [-0.1, -0.05) is 29.8 Å². The molecule has 0 saturated heterocycles. The van der Waals surface area contributed by atoms with Gasteiger partial charge in [0.05, 0.1) is 28.4 Å². The number of rotatable bonds is 4. The van der Waals surface area contributed by atoms with Crippen LogP contribution in [-0.4, -0.2) is 26.8 Å². The Kier molecular flexibility index (Phi) is 4.59. The van der Waals surface area contributed by atoms with Crippen LogP contribution in [0.3, 0.4) is 0 Å². The molecule has 8 heteroatoms. The predicted molar refractivity (Wildman–Crippen MR) is 105 cm³/mol. The average Bonchev–Trinajstić information content (AvgIpc) is 2.64. The van der Waals surface area contributed by atoms with Crippen LogP contribution in [0.15, 0.2) is 47.3 Å². The van der Waals surface area contributed by atoms with E-state index in [1.165, 1.54) is 22.8 Å². The number of aliphatic hydroxyl groups excluding tert-OH is 1. The van der Waals surface area contributed by atoms with Gasteiger partial charge in [0.2, 0.25) is 0 Å². The van der Waals surface area contributed by atoms with Crippen LogP contribution in [-0.2, 0) is 5.92 Å². The van der Waals surface area contributed by atoms with E-state index in [9.17, 15) is 18.7 Å². The van der Waals surface area contributed by atoms with E-state index in [1.54, 1.807) is 24.3 Å². The predicted octanol–water partition coefficient (Wildman–Crippen LogP) is 4.09. The fourth-order valence-electron chi connectivity index (χ4n) is 3.30. The molecule has 1 aliphatic rings. The molecular formula is C20H18ClF2N3O2. The van der Waals surface area contributed by atoms with Gasteiger partial charge in [-0.2, -0.15) is 4.98 Å². The Morgan fingerprint density at radius 3 is 2.61 bits per heavy atom. The van der Waals surface area contributed by atoms with E-state index in [2.05, 4.69) is 10.3 Å². The van der Waals surface area contributed by atoms with Gasteiger partial charge in [-0.05, 0) is 37.1 Å². The van der Waals surface area contributed by atoms with Gasteiger partial charge in [0.1, 0.15) is 5.82 Å². The van der Waals surface area contributed by atoms with E-state index in [0.29, 0.717) is 22.5 Å². The summed E-state index contributed by atoms with van der Waals surface area (Å²) in [5.41, 5.74) is -0.239. The number of hydrogen-bond acceptors (Lipinski definition) is 4. The van der Waals surface area contributed by atoms with E-state index >= 15 is 0 Å². The molecule has 0 aliphatic heterocycles. The monoisotopic (exact) mass is 405 g/mol. The third-order valence-electron chi connectivity index (χ3n) is 5.05. The zero-order valence-corrected chi connectivity index (χ0v) is 15.8. The largest absolute Gasteiger partial charge is 0.391 e. The Morgan fingerprint density at radius 2 is 2.00 bits per heavy atom. The van der Waals surface area contributed by atoms with Gasteiger partial charge in [0.25, 0.3) is 5.92 Å². The molecule has 1 saturated carbocycles. The van der Waals surface area contributed by atoms with Crippen LogP contribution >= 0.6 is 11.6 Å². The number of fused-ring (bicyclic) bond motifs is 1. The summed E-state index contributed by atoms with van der Waals surface area (Å²) in [4.78, 5) is 16.9. The number of hydrogen-bond donors (Lipinski definition) is 2. The quantitative estimate of drug-likeness (QED) is 0.686. The third kappa shape index (κ3) is 3.25. The second kappa shape index (κ2) is 6.83. The van der Waals surface area contributed by atoms with E-state index in [-0.39, 0.29) is 22.9 Å². The number of aliphatic hydroxyl groups is 1. The summed E-state index contributed by atoms with van der Waals surface area (Å²) < 4.78 is 29.1. The lowest BCUT2D eigenvalue weighted by atomic mass is 9.89. The number of anilines is 1. The standard InChI is InChI=1S/C20H18ClF2N3O2/c1-20(22,23)11-6-7-12-16(10-11)26(15-5-3-2-4-13(15)21)19(28)25-18(12)24-14-8-9-17(14)27/h2-7,10,14,17,27H,8-9H2,1H3,(H,24,25,28). The molecule has 0 spiro atoms. The number of halogens is 3. The minimum absolute atomic E-state index is 0.221. The molecule has 5 nitrogen and oxygen atoms in total. The Labute approximate surface area is 164 Å². The van der Waals surface area contributed by atoms with Crippen LogP contribution < -0.4 is 11.0 Å². The molecular weight excluding hydrogens is 388 g/mol. The molecule has 3 aromatic rings. The number of nitrogens with zero attached hydrogens (tertiary/aromatic N) is 2. The summed E-state index contributed by atoms with van der Waals surface area (Å²) >= 11 is 6.25. The van der Waals surface area contributed by atoms with Crippen LogP contribution in [0.5, 0.6) is 0 Å². The molecule has 1 heterocycles. The molecule has 1 aliphatic carbocycles. The molecule has 4 rings (SSSR count). The first kappa shape index (κ1) is 18.8. The lowest BCUT2D eigenvalue weighted by molar-refractivity contribution is 0.0176. The normalized spacial score (nSPS) is 19.5. The Bertz CT molecular complexity index is 1110. The summed E-state index contributed by atoms with van der Waals surface area (Å²) in [6.45, 7) is 0.803. The Hall–Kier alpha value is -2.51. The van der Waals surface area contributed by atoms with Crippen molar-refractivity contribution in [1.29, 1.82) is 0 Å². The van der Waals surface area contributed by atoms with Crippen molar-refractivity contribution in [3.8, 4) is 5.69 Å². The SMILES string of the molecule is CC(F)(F)c1ccc2c(NC3CCC3O)nc(=O)n(-c3ccccc3Cl)c2c1. The van der Waals surface area contributed by atoms with Gasteiger partial charge in [-0.25, -0.2) is 13.6 Å². The van der Waals surface area contributed by atoms with Crippen molar-refractivity contribution in [2.24, 2.45) is 0 Å². The lowest BCUT2D eigenvalue weighted by Crippen LogP contribution is -2.43. The highest BCUT2D eigenvalue weighted by Gasteiger charge is 2.30. The molecule has 0 amide bonds. The van der Waals surface area contributed by atoms with Crippen LogP contribution in [0.25, 0.3) is 16.6 Å². The maximum Gasteiger partial charge on any atom is 0.354 e. The van der Waals surface area contributed by atoms with Crippen molar-refractivity contribution in [2.45, 2.75) is 37.8 Å². The summed E-state index contributed by atoms with van der Waals surface area (Å²) in [5, 5.41) is 13.7. The van der Waals surface area contributed by atoms with Crippen molar-refractivity contribution in [3.05, 3.63) is 63.5 Å². The van der Waals surface area contributed by atoms with Gasteiger partial charge in [-0.15, -0.1) is 0 Å². The maximum atomic E-state index is 13.9. The first-order valence-corrected chi connectivity index (χ1v) is 9.28. The lowest BCUT2D eigenvalue weighted by Gasteiger charge is -2.33. The van der Waals surface area contributed by atoms with Gasteiger partial charge >= 0.3 is 5.69 Å². The summed E-state index contributed by atoms with van der Waals surface area (Å²) in [6, 6.07) is 10.5. The zero-order chi connectivity index (χ0) is 20.1. The van der Waals surface area contributed by atoms with Gasteiger partial charge in [-0.3, -0.25) is 4.57 Å². The third-order valence-corrected chi connectivity index (χ3v) is 5.37. The minimum atomic E-state index is -3.07. The van der Waals surface area contributed by atoms with Gasteiger partial charge < -0.3 is 10.4 Å².